The predicted octanol–water partition coefficient (Wildman–Crippen LogP) is 0.781. The number of fused-ring (bicyclic) bond motifs is 1. The SMILES string of the molecule is CN(C)CCOCCNC1CCN2CCCC2C1. The van der Waals surface area contributed by atoms with Crippen molar-refractivity contribution >= 4 is 0 Å². The standard InChI is InChI=1S/C14H29N3O/c1-16(2)9-11-18-10-6-15-13-5-8-17-7-3-4-14(17)12-13/h13-15H,3-12H2,1-2H3. The molecule has 0 aromatic carbocycles. The Kier molecular flexibility index (Phi) is 5.89. The molecule has 1 N–H and O–H groups in total. The zero-order valence-electron chi connectivity index (χ0n) is 12.0. The summed E-state index contributed by atoms with van der Waals surface area (Å²) in [4.78, 5) is 4.83. The van der Waals surface area contributed by atoms with Crippen LogP contribution in [0.15, 0.2) is 0 Å². The normalized spacial score (nSPS) is 28.8. The van der Waals surface area contributed by atoms with Crippen LogP contribution in [0.1, 0.15) is 25.7 Å². The highest BCUT2D eigenvalue weighted by atomic mass is 16.5. The van der Waals surface area contributed by atoms with Gasteiger partial charge in [-0.3, -0.25) is 0 Å². The van der Waals surface area contributed by atoms with Gasteiger partial charge >= 0.3 is 0 Å². The van der Waals surface area contributed by atoms with Gasteiger partial charge in [-0.05, 0) is 52.9 Å². The lowest BCUT2D eigenvalue weighted by molar-refractivity contribution is 0.110. The van der Waals surface area contributed by atoms with Crippen LogP contribution in [0.2, 0.25) is 0 Å². The minimum atomic E-state index is 0.724. The van der Waals surface area contributed by atoms with Gasteiger partial charge in [0.15, 0.2) is 0 Å². The van der Waals surface area contributed by atoms with E-state index in [0.29, 0.717) is 0 Å². The van der Waals surface area contributed by atoms with Gasteiger partial charge in [0.25, 0.3) is 0 Å². The minimum Gasteiger partial charge on any atom is -0.379 e. The van der Waals surface area contributed by atoms with E-state index in [0.717, 1.165) is 38.4 Å². The van der Waals surface area contributed by atoms with Gasteiger partial charge in [-0.25, -0.2) is 0 Å². The Labute approximate surface area is 112 Å². The molecule has 0 bridgehead atoms. The molecule has 2 rings (SSSR count). The second kappa shape index (κ2) is 7.43. The zero-order chi connectivity index (χ0) is 12.8. The molecule has 0 saturated carbocycles. The van der Waals surface area contributed by atoms with Crippen molar-refractivity contribution < 1.29 is 4.74 Å². The first-order valence-electron chi connectivity index (χ1n) is 7.45. The number of piperidine rings is 1. The fourth-order valence-electron chi connectivity index (χ4n) is 3.09. The molecule has 4 heteroatoms. The summed E-state index contributed by atoms with van der Waals surface area (Å²) in [6.45, 7) is 6.34. The van der Waals surface area contributed by atoms with Crippen LogP contribution in [-0.4, -0.2) is 75.4 Å². The van der Waals surface area contributed by atoms with Crippen molar-refractivity contribution in [2.75, 3.05) is 53.5 Å². The average molecular weight is 255 g/mol. The van der Waals surface area contributed by atoms with Crippen molar-refractivity contribution in [1.29, 1.82) is 0 Å². The second-order valence-corrected chi connectivity index (χ2v) is 5.92. The van der Waals surface area contributed by atoms with E-state index in [9.17, 15) is 0 Å². The molecule has 2 fully saturated rings. The average Bonchev–Trinajstić information content (AvgIpc) is 2.80. The van der Waals surface area contributed by atoms with E-state index >= 15 is 0 Å². The maximum absolute atomic E-state index is 5.61. The molecule has 2 aliphatic heterocycles. The van der Waals surface area contributed by atoms with Crippen LogP contribution in [0.5, 0.6) is 0 Å². The molecule has 0 spiro atoms. The van der Waals surface area contributed by atoms with E-state index in [4.69, 9.17) is 4.74 Å². The van der Waals surface area contributed by atoms with Gasteiger partial charge in [0, 0.05) is 25.2 Å². The van der Waals surface area contributed by atoms with E-state index in [2.05, 4.69) is 29.2 Å². The van der Waals surface area contributed by atoms with Gasteiger partial charge in [-0.1, -0.05) is 0 Å². The lowest BCUT2D eigenvalue weighted by Gasteiger charge is -2.35. The van der Waals surface area contributed by atoms with Crippen LogP contribution < -0.4 is 5.32 Å². The molecule has 0 radical (unpaired) electrons. The van der Waals surface area contributed by atoms with Gasteiger partial charge in [0.1, 0.15) is 0 Å². The minimum absolute atomic E-state index is 0.724. The Hall–Kier alpha value is -0.160. The molecule has 0 aromatic rings. The van der Waals surface area contributed by atoms with E-state index in [1.807, 2.05) is 0 Å². The van der Waals surface area contributed by atoms with Gasteiger partial charge < -0.3 is 19.9 Å². The number of nitrogens with zero attached hydrogens (tertiary/aromatic N) is 2. The summed E-state index contributed by atoms with van der Waals surface area (Å²) in [7, 11) is 4.16. The summed E-state index contributed by atoms with van der Waals surface area (Å²) in [5, 5.41) is 3.66. The fourth-order valence-corrected chi connectivity index (χ4v) is 3.09. The highest BCUT2D eigenvalue weighted by Gasteiger charge is 2.31. The van der Waals surface area contributed by atoms with Crippen LogP contribution in [-0.2, 0) is 4.74 Å². The summed E-state index contributed by atoms with van der Waals surface area (Å²) in [5.74, 6) is 0. The lowest BCUT2D eigenvalue weighted by atomic mass is 9.98. The van der Waals surface area contributed by atoms with Gasteiger partial charge in [-0.15, -0.1) is 0 Å². The molecule has 18 heavy (non-hydrogen) atoms. The van der Waals surface area contributed by atoms with Crippen LogP contribution in [0.25, 0.3) is 0 Å². The Morgan fingerprint density at radius 2 is 2.11 bits per heavy atom. The van der Waals surface area contributed by atoms with Crippen molar-refractivity contribution in [3.63, 3.8) is 0 Å². The summed E-state index contributed by atoms with van der Waals surface area (Å²) >= 11 is 0. The molecule has 106 valence electrons. The van der Waals surface area contributed by atoms with Gasteiger partial charge in [0.2, 0.25) is 0 Å². The molecule has 2 heterocycles. The van der Waals surface area contributed by atoms with Crippen molar-refractivity contribution in [3.8, 4) is 0 Å². The number of hydrogen-bond acceptors (Lipinski definition) is 4. The molecule has 0 amide bonds. The molecule has 2 unspecified atom stereocenters. The molecular formula is C14H29N3O. The highest BCUT2D eigenvalue weighted by Crippen LogP contribution is 2.26. The van der Waals surface area contributed by atoms with Crippen LogP contribution in [0, 0.1) is 0 Å². The monoisotopic (exact) mass is 255 g/mol. The number of nitrogens with one attached hydrogen (secondary N) is 1. The molecule has 0 aromatic heterocycles. The number of rotatable bonds is 7. The number of ether oxygens (including phenoxy) is 1. The highest BCUT2D eigenvalue weighted by molar-refractivity contribution is 4.89. The van der Waals surface area contributed by atoms with Gasteiger partial charge in [-0.2, -0.15) is 0 Å². The maximum atomic E-state index is 5.61. The van der Waals surface area contributed by atoms with Crippen LogP contribution in [0.3, 0.4) is 0 Å². The lowest BCUT2D eigenvalue weighted by Crippen LogP contribution is -2.46. The molecule has 2 saturated heterocycles. The van der Waals surface area contributed by atoms with Crippen molar-refractivity contribution in [2.24, 2.45) is 0 Å². The van der Waals surface area contributed by atoms with E-state index < -0.39 is 0 Å². The van der Waals surface area contributed by atoms with Crippen LogP contribution >= 0.6 is 0 Å². The van der Waals surface area contributed by atoms with Crippen molar-refractivity contribution in [3.05, 3.63) is 0 Å². The third-order valence-electron chi connectivity index (χ3n) is 4.18. The Morgan fingerprint density at radius 1 is 1.22 bits per heavy atom. The van der Waals surface area contributed by atoms with Crippen LogP contribution in [0.4, 0.5) is 0 Å². The molecular weight excluding hydrogens is 226 g/mol. The summed E-state index contributed by atoms with van der Waals surface area (Å²) in [5.41, 5.74) is 0. The third kappa shape index (κ3) is 4.50. The maximum Gasteiger partial charge on any atom is 0.0593 e. The van der Waals surface area contributed by atoms with E-state index in [-0.39, 0.29) is 0 Å². The third-order valence-corrected chi connectivity index (χ3v) is 4.18. The molecule has 0 aliphatic carbocycles. The first kappa shape index (κ1) is 14.3. The predicted molar refractivity (Wildman–Crippen MR) is 75.0 cm³/mol. The summed E-state index contributed by atoms with van der Waals surface area (Å²) in [6, 6.07) is 1.59. The molecule has 4 nitrogen and oxygen atoms in total. The first-order valence-corrected chi connectivity index (χ1v) is 7.45. The largest absolute Gasteiger partial charge is 0.379 e. The Balaban J connectivity index is 1.49. The smallest absolute Gasteiger partial charge is 0.0593 e. The summed E-state index contributed by atoms with van der Waals surface area (Å²) in [6.07, 6.45) is 5.48. The molecule has 2 atom stereocenters. The Morgan fingerprint density at radius 3 is 2.94 bits per heavy atom. The van der Waals surface area contributed by atoms with E-state index in [1.165, 1.54) is 38.8 Å². The Bertz CT molecular complexity index is 235. The summed E-state index contributed by atoms with van der Waals surface area (Å²) < 4.78 is 5.61. The quantitative estimate of drug-likeness (QED) is 0.681. The van der Waals surface area contributed by atoms with Crippen molar-refractivity contribution in [2.45, 2.75) is 37.8 Å². The topological polar surface area (TPSA) is 27.7 Å². The zero-order valence-corrected chi connectivity index (χ0v) is 12.0. The molecule has 2 aliphatic rings. The fraction of sp³-hybridized carbons (Fsp3) is 1.00. The van der Waals surface area contributed by atoms with Gasteiger partial charge in [0.05, 0.1) is 13.2 Å². The van der Waals surface area contributed by atoms with E-state index in [1.54, 1.807) is 0 Å². The van der Waals surface area contributed by atoms with Crippen molar-refractivity contribution in [1.82, 2.24) is 15.1 Å². The second-order valence-electron chi connectivity index (χ2n) is 5.92. The number of hydrogen-bond donors (Lipinski definition) is 1. The number of likely N-dealkylation sites (N-methyl/N-ethyl adjacent to an activating group) is 1. The first-order chi connectivity index (χ1) is 8.75.